The highest BCUT2D eigenvalue weighted by Gasteiger charge is 2.37. The summed E-state index contributed by atoms with van der Waals surface area (Å²) in [4.78, 5) is 57.5. The molecule has 0 spiro atoms. The zero-order valence-corrected chi connectivity index (χ0v) is 28.3. The molecule has 12 heteroatoms. The van der Waals surface area contributed by atoms with E-state index in [1.807, 2.05) is 71.9 Å². The molecule has 0 radical (unpaired) electrons. The molecule has 0 saturated carbocycles. The Bertz CT molecular complexity index is 2070. The van der Waals surface area contributed by atoms with Crippen molar-refractivity contribution >= 4 is 18.4 Å². The van der Waals surface area contributed by atoms with Crippen molar-refractivity contribution in [2.24, 2.45) is 0 Å². The third-order valence-electron chi connectivity index (χ3n) is 10.2. The third-order valence-corrected chi connectivity index (χ3v) is 10.2. The molecule has 260 valence electrons. The van der Waals surface area contributed by atoms with E-state index in [0.29, 0.717) is 17.9 Å². The molecule has 2 aromatic heterocycles. The van der Waals surface area contributed by atoms with Crippen LogP contribution in [-0.2, 0) is 27.2 Å². The van der Waals surface area contributed by atoms with Crippen LogP contribution < -0.4 is 10.1 Å². The monoisotopic (exact) mass is 685 g/mol. The van der Waals surface area contributed by atoms with Gasteiger partial charge in [0.15, 0.2) is 0 Å². The average molecular weight is 686 g/mol. The number of ether oxygens (including phenoxy) is 2. The molecule has 12 nitrogen and oxygen atoms in total. The largest absolute Gasteiger partial charge is 0.457 e. The predicted octanol–water partition coefficient (Wildman–Crippen LogP) is 6.41. The quantitative estimate of drug-likeness (QED) is 0.160. The summed E-state index contributed by atoms with van der Waals surface area (Å²) in [6.07, 6.45) is 8.98. The van der Waals surface area contributed by atoms with E-state index in [-0.39, 0.29) is 18.0 Å². The number of likely N-dealkylation sites (tertiary alicyclic amines) is 2. The van der Waals surface area contributed by atoms with Crippen LogP contribution in [0.4, 0.5) is 4.79 Å². The summed E-state index contributed by atoms with van der Waals surface area (Å²) in [5.74, 6) is 2.98. The minimum atomic E-state index is -0.873. The van der Waals surface area contributed by atoms with E-state index >= 15 is 0 Å². The Kier molecular flexibility index (Phi) is 8.73. The van der Waals surface area contributed by atoms with Crippen LogP contribution in [0, 0.1) is 0 Å². The maximum atomic E-state index is 13.9. The van der Waals surface area contributed by atoms with Crippen LogP contribution >= 0.6 is 0 Å². The summed E-state index contributed by atoms with van der Waals surface area (Å²) >= 11 is 0. The molecule has 3 amide bonds. The highest BCUT2D eigenvalue weighted by molar-refractivity contribution is 5.87. The van der Waals surface area contributed by atoms with Crippen LogP contribution in [0.2, 0.25) is 0 Å². The maximum absolute atomic E-state index is 13.9. The smallest absolute Gasteiger partial charge is 0.407 e. The first-order chi connectivity index (χ1) is 25.0. The van der Waals surface area contributed by atoms with Gasteiger partial charge >= 0.3 is 6.09 Å². The van der Waals surface area contributed by atoms with Gasteiger partial charge in [0.1, 0.15) is 29.2 Å². The topological polar surface area (TPSA) is 146 Å². The fraction of sp³-hybridized carbons (Fsp3) is 0.308. The standard InChI is InChI=1S/C39H39N7O5/c1-50-39(49)44-35(24-7-3-2-4-8-24)38(48)46-18-6-10-32(46)37-41-22-30(43-37)26-14-16-34-28(20-26)12-11-27-19-25(13-15-33(27)51-34)29-21-40-36(42-29)31-9-5-17-45(31)23-47/h2-4,7-8,13-16,19-23,31-32,35H,5-6,9-12,17-18H2,1H3,(H,40,42)(H,41,43)(H,44,49). The third kappa shape index (κ3) is 6.33. The summed E-state index contributed by atoms with van der Waals surface area (Å²) in [5, 5.41) is 2.72. The van der Waals surface area contributed by atoms with Gasteiger partial charge in [0.2, 0.25) is 6.41 Å². The van der Waals surface area contributed by atoms with E-state index in [1.54, 1.807) is 4.90 Å². The van der Waals surface area contributed by atoms with Gasteiger partial charge in [-0.1, -0.05) is 30.3 Å². The Morgan fingerprint density at radius 2 is 1.47 bits per heavy atom. The Morgan fingerprint density at radius 3 is 2.10 bits per heavy atom. The Morgan fingerprint density at radius 1 is 0.863 bits per heavy atom. The molecule has 0 bridgehead atoms. The number of H-pyrrole nitrogens is 2. The van der Waals surface area contributed by atoms with E-state index in [0.717, 1.165) is 102 Å². The van der Waals surface area contributed by atoms with Gasteiger partial charge in [-0.2, -0.15) is 0 Å². The molecule has 3 atom stereocenters. The number of hydrogen-bond acceptors (Lipinski definition) is 7. The molecule has 2 fully saturated rings. The number of fused-ring (bicyclic) bond motifs is 2. The number of imidazole rings is 2. The normalized spacial score (nSPS) is 18.7. The second-order valence-electron chi connectivity index (χ2n) is 13.3. The minimum absolute atomic E-state index is 0.00280. The van der Waals surface area contributed by atoms with Gasteiger partial charge in [0, 0.05) is 24.2 Å². The van der Waals surface area contributed by atoms with Crippen molar-refractivity contribution in [3.63, 3.8) is 0 Å². The zero-order chi connectivity index (χ0) is 34.9. The Labute approximate surface area is 295 Å². The predicted molar refractivity (Wildman–Crippen MR) is 189 cm³/mol. The fourth-order valence-electron chi connectivity index (χ4n) is 7.58. The summed E-state index contributed by atoms with van der Waals surface area (Å²) < 4.78 is 11.3. The van der Waals surface area contributed by atoms with Crippen LogP contribution in [0.3, 0.4) is 0 Å². The number of rotatable bonds is 8. The number of methoxy groups -OCH3 is 1. The molecule has 2 saturated heterocycles. The molecule has 8 rings (SSSR count). The van der Waals surface area contributed by atoms with Crippen molar-refractivity contribution in [2.75, 3.05) is 20.2 Å². The number of carbonyl (C=O) groups is 3. The molecule has 5 heterocycles. The van der Waals surface area contributed by atoms with E-state index < -0.39 is 12.1 Å². The van der Waals surface area contributed by atoms with Crippen LogP contribution in [-0.4, -0.2) is 68.3 Å². The summed E-state index contributed by atoms with van der Waals surface area (Å²) in [6, 6.07) is 20.5. The fourth-order valence-corrected chi connectivity index (χ4v) is 7.58. The number of hydrogen-bond donors (Lipinski definition) is 3. The lowest BCUT2D eigenvalue weighted by atomic mass is 10.00. The molecule has 3 unspecified atom stereocenters. The van der Waals surface area contributed by atoms with Gasteiger partial charge in [-0.05, 0) is 91.6 Å². The highest BCUT2D eigenvalue weighted by Crippen LogP contribution is 2.39. The summed E-state index contributed by atoms with van der Waals surface area (Å²) in [7, 11) is 1.29. The van der Waals surface area contributed by atoms with E-state index in [9.17, 15) is 14.4 Å². The van der Waals surface area contributed by atoms with Crippen LogP contribution in [0.25, 0.3) is 22.5 Å². The molecule has 3 N–H and O–H groups in total. The second kappa shape index (κ2) is 13.8. The van der Waals surface area contributed by atoms with Gasteiger partial charge in [-0.15, -0.1) is 0 Å². The SMILES string of the molecule is COC(=O)NC(C(=O)N1CCCC1c1ncc(-c2ccc3c(c2)CCc2cc(-c4cnc(C5CCCN5C=O)[nH]4)ccc2O3)[nH]1)c1ccccc1. The molecule has 3 aromatic carbocycles. The van der Waals surface area contributed by atoms with Crippen molar-refractivity contribution in [2.45, 2.75) is 56.7 Å². The first-order valence-corrected chi connectivity index (χ1v) is 17.4. The Balaban J connectivity index is 0.981. The van der Waals surface area contributed by atoms with Crippen molar-refractivity contribution in [3.8, 4) is 34.0 Å². The molecular formula is C39H39N7O5. The van der Waals surface area contributed by atoms with E-state index in [4.69, 9.17) is 14.5 Å². The number of nitrogens with one attached hydrogen (secondary N) is 3. The van der Waals surface area contributed by atoms with Gasteiger partial charge in [0.25, 0.3) is 5.91 Å². The lowest BCUT2D eigenvalue weighted by molar-refractivity contribution is -0.134. The van der Waals surface area contributed by atoms with E-state index in [1.165, 1.54) is 7.11 Å². The number of amides is 3. The van der Waals surface area contributed by atoms with Crippen molar-refractivity contribution in [3.05, 3.63) is 107 Å². The first-order valence-electron chi connectivity index (χ1n) is 17.4. The number of aryl methyl sites for hydroxylation is 2. The number of alkyl carbamates (subject to hydrolysis) is 1. The van der Waals surface area contributed by atoms with Gasteiger partial charge in [-0.3, -0.25) is 9.59 Å². The van der Waals surface area contributed by atoms with Crippen LogP contribution in [0.15, 0.2) is 79.1 Å². The zero-order valence-electron chi connectivity index (χ0n) is 28.3. The molecule has 5 aromatic rings. The Hall–Kier alpha value is -5.91. The summed E-state index contributed by atoms with van der Waals surface area (Å²) in [6.45, 7) is 1.32. The van der Waals surface area contributed by atoms with Gasteiger partial charge in [0.05, 0.1) is 43.0 Å². The van der Waals surface area contributed by atoms with Crippen LogP contribution in [0.5, 0.6) is 11.5 Å². The van der Waals surface area contributed by atoms with Crippen molar-refractivity contribution < 1.29 is 23.9 Å². The molecule has 51 heavy (non-hydrogen) atoms. The lowest BCUT2D eigenvalue weighted by Gasteiger charge is -2.28. The molecule has 0 aliphatic carbocycles. The number of carbonyl (C=O) groups excluding carboxylic acids is 3. The highest BCUT2D eigenvalue weighted by atomic mass is 16.5. The average Bonchev–Trinajstić information content (AvgIpc) is 3.99. The maximum Gasteiger partial charge on any atom is 0.407 e. The minimum Gasteiger partial charge on any atom is -0.457 e. The number of aromatic nitrogens is 4. The molecule has 3 aliphatic heterocycles. The van der Waals surface area contributed by atoms with Crippen LogP contribution in [0.1, 0.15) is 72.1 Å². The van der Waals surface area contributed by atoms with E-state index in [2.05, 4.69) is 32.4 Å². The van der Waals surface area contributed by atoms with Crippen molar-refractivity contribution in [1.29, 1.82) is 0 Å². The second-order valence-corrected chi connectivity index (χ2v) is 13.3. The van der Waals surface area contributed by atoms with Gasteiger partial charge < -0.3 is 34.6 Å². The molecular weight excluding hydrogens is 646 g/mol. The first kappa shape index (κ1) is 32.3. The number of benzene rings is 3. The summed E-state index contributed by atoms with van der Waals surface area (Å²) in [5.41, 5.74) is 6.68. The van der Waals surface area contributed by atoms with Crippen molar-refractivity contribution in [1.82, 2.24) is 35.1 Å². The molecule has 3 aliphatic rings. The van der Waals surface area contributed by atoms with Gasteiger partial charge in [-0.25, -0.2) is 14.8 Å². The number of aromatic amines is 2. The number of nitrogens with zero attached hydrogens (tertiary/aromatic N) is 4. The lowest BCUT2D eigenvalue weighted by Crippen LogP contribution is -2.42.